The summed E-state index contributed by atoms with van der Waals surface area (Å²) >= 11 is 1.46. The Labute approximate surface area is 263 Å². The molecular formula is C40H44Zr. The van der Waals surface area contributed by atoms with Gasteiger partial charge in [-0.3, -0.25) is 6.08 Å². The van der Waals surface area contributed by atoms with Crippen molar-refractivity contribution in [2.75, 3.05) is 0 Å². The standard InChI is InChI=1S/C21H25.C11H8.C8H11.Zr/c1-20(2,3)16-9-7-14-11-15-8-10-17(21(4,5)6)13-19(15)18(14)12-16;1-9-5-4-7-10-6-2-3-8-11(9)10;1-6-4-7(2)8(3)5-6;/h7,9-10,12-13H,11H2,1-6H3;1-8H;4,6H,1-3H3;/q-1;;-1;+2. The second-order valence-corrected chi connectivity index (χ2v) is 14.2. The Hall–Kier alpha value is -2.63. The molecule has 4 aromatic rings. The second kappa shape index (κ2) is 12.7. The van der Waals surface area contributed by atoms with Gasteiger partial charge in [0.2, 0.25) is 0 Å². The number of hydrogen-bond acceptors (Lipinski definition) is 0. The quantitative estimate of drug-likeness (QED) is 0.165. The van der Waals surface area contributed by atoms with Crippen LogP contribution in [0.25, 0.3) is 21.9 Å². The molecule has 0 saturated heterocycles. The molecule has 0 bridgehead atoms. The van der Waals surface area contributed by atoms with Crippen molar-refractivity contribution in [2.24, 2.45) is 5.92 Å². The zero-order chi connectivity index (χ0) is 29.9. The van der Waals surface area contributed by atoms with Crippen molar-refractivity contribution in [2.45, 2.75) is 79.6 Å². The normalized spacial score (nSPS) is 15.5. The van der Waals surface area contributed by atoms with Crippen LogP contribution in [0.15, 0.2) is 90.0 Å². The first-order chi connectivity index (χ1) is 19.3. The van der Waals surface area contributed by atoms with Gasteiger partial charge in [-0.05, 0) is 17.4 Å². The summed E-state index contributed by atoms with van der Waals surface area (Å²) in [4.78, 5) is 0. The number of hydrogen-bond donors (Lipinski definition) is 0. The molecule has 6 rings (SSSR count). The predicted octanol–water partition coefficient (Wildman–Crippen LogP) is 10.5. The van der Waals surface area contributed by atoms with Gasteiger partial charge in [0.1, 0.15) is 0 Å². The van der Waals surface area contributed by atoms with E-state index in [0.717, 1.165) is 6.42 Å². The van der Waals surface area contributed by atoms with Crippen molar-refractivity contribution >= 4 is 14.5 Å². The first-order valence-corrected chi connectivity index (χ1v) is 16.2. The van der Waals surface area contributed by atoms with Gasteiger partial charge in [0.25, 0.3) is 0 Å². The maximum absolute atomic E-state index is 3.53. The number of fused-ring (bicyclic) bond motifs is 4. The van der Waals surface area contributed by atoms with Crippen LogP contribution >= 0.6 is 0 Å². The maximum atomic E-state index is 3.53. The van der Waals surface area contributed by atoms with Crippen molar-refractivity contribution in [3.63, 3.8) is 0 Å². The Morgan fingerprint density at radius 1 is 0.805 bits per heavy atom. The summed E-state index contributed by atoms with van der Waals surface area (Å²) in [5.41, 5.74) is 12.8. The molecule has 0 saturated carbocycles. The molecule has 1 heteroatoms. The second-order valence-electron chi connectivity index (χ2n) is 13.4. The minimum atomic E-state index is 0.177. The minimum absolute atomic E-state index is 0.177. The molecule has 2 aliphatic rings. The van der Waals surface area contributed by atoms with Gasteiger partial charge < -0.3 is 0 Å². The van der Waals surface area contributed by atoms with E-state index >= 15 is 0 Å². The van der Waals surface area contributed by atoms with E-state index in [4.69, 9.17) is 0 Å². The Balaban J connectivity index is 0.000000162. The van der Waals surface area contributed by atoms with Gasteiger partial charge in [-0.15, -0.1) is 12.5 Å². The van der Waals surface area contributed by atoms with Crippen LogP contribution in [0.2, 0.25) is 0 Å². The molecular weight excluding hydrogens is 572 g/mol. The third-order valence-corrected chi connectivity index (χ3v) is 8.81. The SMILES string of the molecule is CC(C)(C)c1c[c-]c2c(c1)-c1cc(C(C)(C)C)ccc1C2.CC1=[C-]C(C)C=C1C.[Zr+2]=[CH]c1cccc2ccccc12. The van der Waals surface area contributed by atoms with E-state index in [9.17, 15) is 0 Å². The average molecular weight is 616 g/mol. The molecule has 0 heterocycles. The van der Waals surface area contributed by atoms with E-state index in [0.29, 0.717) is 5.92 Å². The fraction of sp³-hybridized carbons (Fsp3) is 0.325. The van der Waals surface area contributed by atoms with Crippen LogP contribution in [-0.4, -0.2) is 3.71 Å². The molecule has 0 aromatic heterocycles. The molecule has 0 nitrogen and oxygen atoms in total. The molecule has 208 valence electrons. The van der Waals surface area contributed by atoms with Crippen LogP contribution < -0.4 is 0 Å². The van der Waals surface area contributed by atoms with Gasteiger partial charge in [-0.1, -0.05) is 96.0 Å². The van der Waals surface area contributed by atoms with E-state index in [-0.39, 0.29) is 10.8 Å². The topological polar surface area (TPSA) is 0 Å². The first-order valence-electron chi connectivity index (χ1n) is 14.7. The van der Waals surface area contributed by atoms with E-state index in [2.05, 4.69) is 157 Å². The Bertz CT molecular complexity index is 1530. The van der Waals surface area contributed by atoms with Crippen LogP contribution in [0.1, 0.15) is 90.1 Å². The van der Waals surface area contributed by atoms with Crippen LogP contribution in [-0.2, 0) is 41.5 Å². The molecule has 0 fully saturated rings. The Kier molecular flexibility index (Phi) is 9.71. The van der Waals surface area contributed by atoms with Gasteiger partial charge in [0, 0.05) is 0 Å². The van der Waals surface area contributed by atoms with Gasteiger partial charge in [0.15, 0.2) is 0 Å². The van der Waals surface area contributed by atoms with Crippen LogP contribution in [0.5, 0.6) is 0 Å². The molecule has 1 unspecified atom stereocenters. The predicted molar refractivity (Wildman–Crippen MR) is 175 cm³/mol. The summed E-state index contributed by atoms with van der Waals surface area (Å²) in [6.45, 7) is 20.0. The summed E-state index contributed by atoms with van der Waals surface area (Å²) in [5, 5.41) is 2.69. The van der Waals surface area contributed by atoms with E-state index < -0.39 is 0 Å². The zero-order valence-corrected chi connectivity index (χ0v) is 28.8. The fourth-order valence-electron chi connectivity index (χ4n) is 5.36. The van der Waals surface area contributed by atoms with E-state index in [1.54, 1.807) is 0 Å². The third-order valence-electron chi connectivity index (χ3n) is 8.04. The number of rotatable bonds is 1. The Morgan fingerprint density at radius 3 is 2.05 bits per heavy atom. The molecule has 0 amide bonds. The van der Waals surface area contributed by atoms with Crippen molar-refractivity contribution < 1.29 is 24.2 Å². The molecule has 41 heavy (non-hydrogen) atoms. The monoisotopic (exact) mass is 614 g/mol. The van der Waals surface area contributed by atoms with Gasteiger partial charge in [-0.25, -0.2) is 11.1 Å². The Morgan fingerprint density at radius 2 is 1.46 bits per heavy atom. The molecule has 0 radical (unpaired) electrons. The summed E-state index contributed by atoms with van der Waals surface area (Å²) in [6.07, 6.45) is 6.55. The zero-order valence-electron chi connectivity index (χ0n) is 26.4. The molecule has 2 aliphatic carbocycles. The number of benzene rings is 4. The average Bonchev–Trinajstić information content (AvgIpc) is 3.44. The van der Waals surface area contributed by atoms with Gasteiger partial charge in [-0.2, -0.15) is 35.4 Å². The van der Waals surface area contributed by atoms with E-state index in [1.165, 1.54) is 85.1 Å². The molecule has 0 spiro atoms. The van der Waals surface area contributed by atoms with Crippen molar-refractivity contribution in [3.8, 4) is 11.1 Å². The fourth-order valence-corrected chi connectivity index (χ4v) is 5.98. The van der Waals surface area contributed by atoms with Gasteiger partial charge >= 0.3 is 86.7 Å². The van der Waals surface area contributed by atoms with Crippen LogP contribution in [0.4, 0.5) is 0 Å². The molecule has 4 aromatic carbocycles. The summed E-state index contributed by atoms with van der Waals surface area (Å²) in [5.74, 6) is 0.551. The molecule has 0 aliphatic heterocycles. The van der Waals surface area contributed by atoms with Crippen LogP contribution in [0, 0.1) is 18.1 Å². The van der Waals surface area contributed by atoms with Crippen molar-refractivity contribution in [1.82, 2.24) is 0 Å². The molecule has 0 N–H and O–H groups in total. The summed E-state index contributed by atoms with van der Waals surface area (Å²) in [6, 6.07) is 30.0. The first kappa shape index (κ1) is 31.3. The summed E-state index contributed by atoms with van der Waals surface area (Å²) < 4.78 is 2.23. The molecule has 1 atom stereocenters. The summed E-state index contributed by atoms with van der Waals surface area (Å²) in [7, 11) is 0. The van der Waals surface area contributed by atoms with Crippen LogP contribution in [0.3, 0.4) is 0 Å². The van der Waals surface area contributed by atoms with Gasteiger partial charge in [0.05, 0.1) is 0 Å². The van der Waals surface area contributed by atoms with Crippen molar-refractivity contribution in [1.29, 1.82) is 0 Å². The van der Waals surface area contributed by atoms with Crippen molar-refractivity contribution in [3.05, 3.63) is 130 Å². The third kappa shape index (κ3) is 7.61. The van der Waals surface area contributed by atoms with E-state index in [1.807, 2.05) is 0 Å². The number of allylic oxidation sites excluding steroid dienone is 4.